The number of carboxylic acids is 1. The summed E-state index contributed by atoms with van der Waals surface area (Å²) in [6, 6.07) is 4.93. The Hall–Kier alpha value is -3.01. The molecule has 0 radical (unpaired) electrons. The molecule has 2 N–H and O–H groups in total. The number of halogens is 1. The zero-order valence-electron chi connectivity index (χ0n) is 11.2. The maximum Gasteiger partial charge on any atom is 0.376 e. The normalized spacial score (nSPS) is 12.1. The van der Waals surface area contributed by atoms with Crippen molar-refractivity contribution < 1.29 is 32.6 Å². The first kappa shape index (κ1) is 16.4. The highest BCUT2D eigenvalue weighted by Gasteiger charge is 2.23. The van der Waals surface area contributed by atoms with E-state index in [1.807, 2.05) is 0 Å². The summed E-state index contributed by atoms with van der Waals surface area (Å²) >= 11 is 0. The summed E-state index contributed by atoms with van der Waals surface area (Å²) in [5, 5.41) is 21.8. The molecule has 0 atom stereocenters. The topological polar surface area (TPSA) is 127 Å². The van der Waals surface area contributed by atoms with E-state index in [1.54, 1.807) is 0 Å². The fraction of sp³-hybridized carbons (Fsp3) is 0. The lowest BCUT2D eigenvalue weighted by Crippen LogP contribution is -2.18. The van der Waals surface area contributed by atoms with Crippen molar-refractivity contribution in [3.05, 3.63) is 54.1 Å². The van der Waals surface area contributed by atoms with E-state index in [9.17, 15) is 27.5 Å². The largest absolute Gasteiger partial charge is 0.506 e. The molecule has 8 nitrogen and oxygen atoms in total. The Labute approximate surface area is 129 Å². The third-order valence-electron chi connectivity index (χ3n) is 2.69. The molecule has 0 aliphatic heterocycles. The molecule has 120 valence electrons. The molecule has 0 amide bonds. The van der Waals surface area contributed by atoms with E-state index in [0.717, 1.165) is 36.5 Å². The number of hydrogen-bond donors (Lipinski definition) is 2. The van der Waals surface area contributed by atoms with Crippen molar-refractivity contribution in [3.8, 4) is 0 Å². The number of carboxylic acid groups (broad SMARTS) is 1. The number of hydrogen-bond acceptors (Lipinski definition) is 6. The van der Waals surface area contributed by atoms with Gasteiger partial charge in [-0.15, -0.1) is 4.09 Å². The van der Waals surface area contributed by atoms with E-state index in [0.29, 0.717) is 10.2 Å². The molecule has 1 heterocycles. The average molecular weight is 340 g/mol. The number of ketones is 1. The first-order chi connectivity index (χ1) is 10.7. The van der Waals surface area contributed by atoms with Crippen molar-refractivity contribution in [2.75, 3.05) is 0 Å². The van der Waals surface area contributed by atoms with E-state index < -0.39 is 39.0 Å². The Morgan fingerprint density at radius 3 is 2.30 bits per heavy atom. The number of nitrogens with zero attached hydrogens (tertiary/aromatic N) is 2. The number of carbonyl (C=O) groups is 2. The monoisotopic (exact) mass is 340 g/mol. The Morgan fingerprint density at radius 1 is 1.13 bits per heavy atom. The second kappa shape index (κ2) is 6.01. The number of rotatable bonds is 5. The summed E-state index contributed by atoms with van der Waals surface area (Å²) in [6.07, 6.45) is 1.39. The summed E-state index contributed by atoms with van der Waals surface area (Å²) in [4.78, 5) is 21.2. The van der Waals surface area contributed by atoms with Gasteiger partial charge in [-0.05, 0) is 30.3 Å². The third-order valence-corrected chi connectivity index (χ3v) is 4.30. The second-order valence-electron chi connectivity index (χ2n) is 4.22. The lowest BCUT2D eigenvalue weighted by molar-refractivity contribution is -0.146. The average Bonchev–Trinajstić information content (AvgIpc) is 2.97. The van der Waals surface area contributed by atoms with Crippen molar-refractivity contribution in [2.24, 2.45) is 0 Å². The Kier molecular flexibility index (Phi) is 4.27. The molecule has 1 aromatic heterocycles. The fourth-order valence-corrected chi connectivity index (χ4v) is 2.90. The van der Waals surface area contributed by atoms with E-state index in [-0.39, 0.29) is 4.90 Å². The SMILES string of the molecule is O=C(O)C(=O)C=C(O)c1ccnn1S(=O)(=O)c1ccc(F)cc1. The number of carbonyl (C=O) groups excluding carboxylic acids is 1. The summed E-state index contributed by atoms with van der Waals surface area (Å²) in [5.74, 6) is -4.78. The van der Waals surface area contributed by atoms with Crippen LogP contribution in [0.1, 0.15) is 5.69 Å². The van der Waals surface area contributed by atoms with Crippen LogP contribution < -0.4 is 0 Å². The summed E-state index contributed by atoms with van der Waals surface area (Å²) < 4.78 is 38.1. The zero-order valence-corrected chi connectivity index (χ0v) is 12.1. The highest BCUT2D eigenvalue weighted by Crippen LogP contribution is 2.19. The van der Waals surface area contributed by atoms with Gasteiger partial charge in [0, 0.05) is 6.08 Å². The van der Waals surface area contributed by atoms with Crippen LogP contribution in [0.3, 0.4) is 0 Å². The van der Waals surface area contributed by atoms with Gasteiger partial charge in [0.1, 0.15) is 17.3 Å². The van der Waals surface area contributed by atoms with Crippen LogP contribution in [-0.2, 0) is 19.6 Å². The first-order valence-electron chi connectivity index (χ1n) is 5.97. The van der Waals surface area contributed by atoms with Gasteiger partial charge in [-0.2, -0.15) is 13.5 Å². The van der Waals surface area contributed by atoms with Gasteiger partial charge >= 0.3 is 5.97 Å². The number of aliphatic hydroxyl groups is 1. The lowest BCUT2D eigenvalue weighted by Gasteiger charge is -2.08. The van der Waals surface area contributed by atoms with Crippen LogP contribution >= 0.6 is 0 Å². The minimum Gasteiger partial charge on any atom is -0.506 e. The second-order valence-corrected chi connectivity index (χ2v) is 5.98. The van der Waals surface area contributed by atoms with Gasteiger partial charge in [-0.25, -0.2) is 9.18 Å². The van der Waals surface area contributed by atoms with Crippen LogP contribution in [0.5, 0.6) is 0 Å². The Morgan fingerprint density at radius 2 is 1.74 bits per heavy atom. The lowest BCUT2D eigenvalue weighted by atomic mass is 10.3. The molecule has 10 heteroatoms. The maximum absolute atomic E-state index is 12.9. The Bertz CT molecular complexity index is 899. The van der Waals surface area contributed by atoms with E-state index in [2.05, 4.69) is 5.10 Å². The fourth-order valence-electron chi connectivity index (χ4n) is 1.63. The first-order valence-corrected chi connectivity index (χ1v) is 7.41. The van der Waals surface area contributed by atoms with Crippen LogP contribution in [0.25, 0.3) is 5.76 Å². The summed E-state index contributed by atoms with van der Waals surface area (Å²) in [6.45, 7) is 0. The minimum absolute atomic E-state index is 0.304. The smallest absolute Gasteiger partial charge is 0.376 e. The van der Waals surface area contributed by atoms with Crippen LogP contribution in [0, 0.1) is 5.82 Å². The van der Waals surface area contributed by atoms with Crippen molar-refractivity contribution >= 4 is 27.5 Å². The highest BCUT2D eigenvalue weighted by molar-refractivity contribution is 7.89. The molecule has 23 heavy (non-hydrogen) atoms. The number of aromatic nitrogens is 2. The molecular formula is C13H9FN2O6S. The highest BCUT2D eigenvalue weighted by atomic mass is 32.2. The maximum atomic E-state index is 12.9. The molecule has 0 bridgehead atoms. The quantitative estimate of drug-likeness (QED) is 0.468. The van der Waals surface area contributed by atoms with Gasteiger partial charge in [0.25, 0.3) is 15.8 Å². The standard InChI is InChI=1S/C13H9FN2O6S/c14-8-1-3-9(4-2-8)23(21,22)16-10(5-6-15-16)11(17)7-12(18)13(19)20/h1-7,17H,(H,19,20). The van der Waals surface area contributed by atoms with Crippen molar-refractivity contribution in [1.29, 1.82) is 0 Å². The van der Waals surface area contributed by atoms with Crippen LogP contribution in [-0.4, -0.2) is 39.6 Å². The van der Waals surface area contributed by atoms with Gasteiger partial charge in [-0.3, -0.25) is 4.79 Å². The summed E-state index contributed by atoms with van der Waals surface area (Å²) in [5.41, 5.74) is -0.413. The molecule has 0 spiro atoms. The minimum atomic E-state index is -4.26. The van der Waals surface area contributed by atoms with E-state index >= 15 is 0 Å². The van der Waals surface area contributed by atoms with Gasteiger partial charge in [0.05, 0.1) is 11.1 Å². The molecule has 0 saturated carbocycles. The number of aliphatic hydroxyl groups excluding tert-OH is 1. The number of benzene rings is 1. The molecular weight excluding hydrogens is 331 g/mol. The van der Waals surface area contributed by atoms with Crippen molar-refractivity contribution in [1.82, 2.24) is 9.19 Å². The molecule has 1 aromatic carbocycles. The third kappa shape index (κ3) is 3.26. The molecule has 0 aliphatic carbocycles. The molecule has 0 fully saturated rings. The Balaban J connectivity index is 2.51. The van der Waals surface area contributed by atoms with Crippen LogP contribution in [0.4, 0.5) is 4.39 Å². The van der Waals surface area contributed by atoms with Gasteiger partial charge in [-0.1, -0.05) is 0 Å². The van der Waals surface area contributed by atoms with Crippen molar-refractivity contribution in [2.45, 2.75) is 4.90 Å². The van der Waals surface area contributed by atoms with E-state index in [1.165, 1.54) is 0 Å². The van der Waals surface area contributed by atoms with E-state index in [4.69, 9.17) is 5.11 Å². The molecule has 0 unspecified atom stereocenters. The predicted octanol–water partition coefficient (Wildman–Crippen LogP) is 0.812. The van der Waals surface area contributed by atoms with Crippen LogP contribution in [0.2, 0.25) is 0 Å². The van der Waals surface area contributed by atoms with Gasteiger partial charge in [0.2, 0.25) is 0 Å². The van der Waals surface area contributed by atoms with Crippen molar-refractivity contribution in [3.63, 3.8) is 0 Å². The predicted molar refractivity (Wildman–Crippen MR) is 74.5 cm³/mol. The molecule has 0 aliphatic rings. The molecule has 2 rings (SSSR count). The van der Waals surface area contributed by atoms with Gasteiger partial charge in [0.15, 0.2) is 0 Å². The van der Waals surface area contributed by atoms with Gasteiger partial charge < -0.3 is 10.2 Å². The number of aliphatic carboxylic acids is 1. The molecule has 0 saturated heterocycles. The van der Waals surface area contributed by atoms with Crippen LogP contribution in [0.15, 0.2) is 47.5 Å². The zero-order chi connectivity index (χ0) is 17.2. The molecule has 2 aromatic rings. The summed E-state index contributed by atoms with van der Waals surface area (Å²) in [7, 11) is -4.26.